The first-order chi connectivity index (χ1) is 5.36. The van der Waals surface area contributed by atoms with Gasteiger partial charge in [0, 0.05) is 6.20 Å². The lowest BCUT2D eigenvalue weighted by Crippen LogP contribution is -2.21. The Balaban J connectivity index is 2.55. The molecule has 0 saturated heterocycles. The molecule has 4 heteroatoms. The van der Waals surface area contributed by atoms with Gasteiger partial charge in [0.25, 0.3) is 0 Å². The minimum Gasteiger partial charge on any atom is -0.342 e. The third-order valence-electron chi connectivity index (χ3n) is 1.30. The quantitative estimate of drug-likeness (QED) is 0.636. The fourth-order valence-electron chi connectivity index (χ4n) is 0.780. The fourth-order valence-corrected chi connectivity index (χ4v) is 1.21. The molecule has 1 atom stereocenters. The smallest absolute Gasteiger partial charge is 0.160 e. The van der Waals surface area contributed by atoms with E-state index in [1.807, 2.05) is 18.5 Å². The van der Waals surface area contributed by atoms with Gasteiger partial charge in [-0.05, 0) is 12.3 Å². The molecule has 0 aromatic rings. The largest absolute Gasteiger partial charge is 0.342 e. The van der Waals surface area contributed by atoms with Crippen LogP contribution in [0.1, 0.15) is 6.42 Å². The third kappa shape index (κ3) is 2.28. The van der Waals surface area contributed by atoms with E-state index in [0.29, 0.717) is 6.42 Å². The van der Waals surface area contributed by atoms with E-state index in [1.165, 1.54) is 0 Å². The van der Waals surface area contributed by atoms with Crippen molar-refractivity contribution in [3.63, 3.8) is 0 Å². The average molecular weight is 167 g/mol. The summed E-state index contributed by atoms with van der Waals surface area (Å²) in [5, 5.41) is 12.3. The maximum absolute atomic E-state index is 8.40. The molecule has 1 N–H and O–H groups in total. The van der Waals surface area contributed by atoms with E-state index in [2.05, 4.69) is 16.4 Å². The molecular weight excluding hydrogens is 158 g/mol. The maximum Gasteiger partial charge on any atom is 0.160 e. The molecule has 1 aliphatic rings. The Hall–Kier alpha value is -0.950. The number of rotatable bonds is 1. The Morgan fingerprint density at radius 1 is 1.91 bits per heavy atom. The molecule has 0 amide bonds. The second kappa shape index (κ2) is 4.04. The lowest BCUT2D eigenvalue weighted by Gasteiger charge is -2.11. The highest BCUT2D eigenvalue weighted by Crippen LogP contribution is 2.07. The molecule has 0 fully saturated rings. The van der Waals surface area contributed by atoms with E-state index in [4.69, 9.17) is 5.26 Å². The van der Waals surface area contributed by atoms with Gasteiger partial charge in [0.05, 0.1) is 18.5 Å². The van der Waals surface area contributed by atoms with E-state index in [0.717, 1.165) is 5.17 Å². The van der Waals surface area contributed by atoms with Crippen LogP contribution in [-0.2, 0) is 0 Å². The zero-order valence-electron chi connectivity index (χ0n) is 6.24. The van der Waals surface area contributed by atoms with Gasteiger partial charge in [-0.1, -0.05) is 11.8 Å². The fraction of sp³-hybridized carbons (Fsp3) is 0.429. The Morgan fingerprint density at radius 2 is 2.73 bits per heavy atom. The summed E-state index contributed by atoms with van der Waals surface area (Å²) in [6.07, 6.45) is 6.14. The first kappa shape index (κ1) is 8.15. The van der Waals surface area contributed by atoms with Gasteiger partial charge in [-0.15, -0.1) is 0 Å². The molecule has 0 aromatic heterocycles. The van der Waals surface area contributed by atoms with Crippen LogP contribution < -0.4 is 5.32 Å². The summed E-state index contributed by atoms with van der Waals surface area (Å²) >= 11 is 1.55. The molecule has 11 heavy (non-hydrogen) atoms. The second-order valence-corrected chi connectivity index (χ2v) is 2.87. The Bertz CT molecular complexity index is 226. The molecule has 1 heterocycles. The standard InChI is InChI=1S/C7H9N3S/c1-11-7-9-5-3-6(10-7)2-4-8/h3,5-6H,2H2,1H3,(H,9,10). The van der Waals surface area contributed by atoms with Crippen molar-refractivity contribution < 1.29 is 0 Å². The molecule has 3 nitrogen and oxygen atoms in total. The van der Waals surface area contributed by atoms with E-state index in [9.17, 15) is 0 Å². The maximum atomic E-state index is 8.40. The summed E-state index contributed by atoms with van der Waals surface area (Å²) < 4.78 is 0. The molecular formula is C7H9N3S. The molecule has 0 spiro atoms. The molecule has 1 unspecified atom stereocenters. The predicted molar refractivity (Wildman–Crippen MR) is 47.2 cm³/mol. The van der Waals surface area contributed by atoms with Crippen molar-refractivity contribution in [2.75, 3.05) is 6.26 Å². The lowest BCUT2D eigenvalue weighted by molar-refractivity contribution is 0.823. The zero-order valence-corrected chi connectivity index (χ0v) is 7.06. The first-order valence-electron chi connectivity index (χ1n) is 3.28. The third-order valence-corrected chi connectivity index (χ3v) is 1.91. The minimum absolute atomic E-state index is 0.0451. The Kier molecular flexibility index (Phi) is 2.99. The summed E-state index contributed by atoms with van der Waals surface area (Å²) in [5.74, 6) is 0. The summed E-state index contributed by atoms with van der Waals surface area (Å²) in [5.41, 5.74) is 0. The van der Waals surface area contributed by atoms with Crippen LogP contribution in [0, 0.1) is 11.3 Å². The number of nitrogens with one attached hydrogen (secondary N) is 1. The topological polar surface area (TPSA) is 48.2 Å². The molecule has 58 valence electrons. The van der Waals surface area contributed by atoms with E-state index in [-0.39, 0.29) is 6.04 Å². The van der Waals surface area contributed by atoms with Gasteiger partial charge in [0.2, 0.25) is 0 Å². The summed E-state index contributed by atoms with van der Waals surface area (Å²) in [7, 11) is 0. The van der Waals surface area contributed by atoms with Crippen molar-refractivity contribution in [3.8, 4) is 6.07 Å². The monoisotopic (exact) mass is 167 g/mol. The van der Waals surface area contributed by atoms with Crippen LogP contribution in [0.3, 0.4) is 0 Å². The number of aliphatic imine (C=N–C) groups is 1. The Labute approximate surface area is 70.2 Å². The number of nitriles is 1. The van der Waals surface area contributed by atoms with Crippen molar-refractivity contribution in [3.05, 3.63) is 12.3 Å². The predicted octanol–water partition coefficient (Wildman–Crippen LogP) is 1.10. The van der Waals surface area contributed by atoms with Crippen LogP contribution >= 0.6 is 11.8 Å². The van der Waals surface area contributed by atoms with Crippen molar-refractivity contribution in [2.24, 2.45) is 4.99 Å². The van der Waals surface area contributed by atoms with Gasteiger partial charge in [0.15, 0.2) is 5.17 Å². The minimum atomic E-state index is 0.0451. The van der Waals surface area contributed by atoms with E-state index in [1.54, 1.807) is 11.8 Å². The van der Waals surface area contributed by atoms with E-state index < -0.39 is 0 Å². The normalized spacial score (nSPS) is 21.8. The number of amidine groups is 1. The van der Waals surface area contributed by atoms with Gasteiger partial charge < -0.3 is 5.32 Å². The Morgan fingerprint density at radius 3 is 3.36 bits per heavy atom. The van der Waals surface area contributed by atoms with Crippen molar-refractivity contribution in [1.82, 2.24) is 5.32 Å². The summed E-state index contributed by atoms with van der Waals surface area (Å²) in [6.45, 7) is 0. The van der Waals surface area contributed by atoms with Crippen molar-refractivity contribution >= 4 is 16.9 Å². The SMILES string of the molecule is CSC1=NC(CC#N)C=CN1. The highest BCUT2D eigenvalue weighted by Gasteiger charge is 2.07. The van der Waals surface area contributed by atoms with Crippen LogP contribution in [0.4, 0.5) is 0 Å². The first-order valence-corrected chi connectivity index (χ1v) is 4.51. The molecule has 0 radical (unpaired) electrons. The van der Waals surface area contributed by atoms with Crippen LogP contribution in [0.5, 0.6) is 0 Å². The average Bonchev–Trinajstić information content (AvgIpc) is 2.06. The number of thioether (sulfide) groups is 1. The summed E-state index contributed by atoms with van der Waals surface area (Å²) in [6, 6.07) is 2.13. The molecule has 0 aliphatic carbocycles. The number of hydrogen-bond acceptors (Lipinski definition) is 4. The van der Waals surface area contributed by atoms with Crippen molar-refractivity contribution in [2.45, 2.75) is 12.5 Å². The van der Waals surface area contributed by atoms with Crippen LogP contribution in [0.2, 0.25) is 0 Å². The van der Waals surface area contributed by atoms with Crippen molar-refractivity contribution in [1.29, 1.82) is 5.26 Å². The van der Waals surface area contributed by atoms with E-state index >= 15 is 0 Å². The zero-order chi connectivity index (χ0) is 8.10. The second-order valence-electron chi connectivity index (χ2n) is 2.07. The van der Waals surface area contributed by atoms with Crippen LogP contribution in [-0.4, -0.2) is 17.5 Å². The highest BCUT2D eigenvalue weighted by molar-refractivity contribution is 8.13. The van der Waals surface area contributed by atoms with Gasteiger partial charge in [-0.3, -0.25) is 4.99 Å². The van der Waals surface area contributed by atoms with Gasteiger partial charge in [-0.25, -0.2) is 0 Å². The summed E-state index contributed by atoms with van der Waals surface area (Å²) in [4.78, 5) is 4.25. The molecule has 0 aromatic carbocycles. The molecule has 0 saturated carbocycles. The lowest BCUT2D eigenvalue weighted by atomic mass is 10.2. The van der Waals surface area contributed by atoms with Crippen LogP contribution in [0.15, 0.2) is 17.3 Å². The molecule has 0 bridgehead atoms. The van der Waals surface area contributed by atoms with Gasteiger partial charge >= 0.3 is 0 Å². The highest BCUT2D eigenvalue weighted by atomic mass is 32.2. The number of hydrogen-bond donors (Lipinski definition) is 1. The van der Waals surface area contributed by atoms with Crippen LogP contribution in [0.25, 0.3) is 0 Å². The molecule has 1 aliphatic heterocycles. The molecule has 1 rings (SSSR count). The van der Waals surface area contributed by atoms with Gasteiger partial charge in [0.1, 0.15) is 0 Å². The van der Waals surface area contributed by atoms with Gasteiger partial charge in [-0.2, -0.15) is 5.26 Å². The number of nitrogens with zero attached hydrogens (tertiary/aromatic N) is 2.